The highest BCUT2D eigenvalue weighted by Gasteiger charge is 2.09. The van der Waals surface area contributed by atoms with Crippen LogP contribution in [0.2, 0.25) is 0 Å². The minimum atomic E-state index is -0.995. The molecule has 5 heteroatoms. The number of aliphatic carboxylic acids is 1. The molecular formula is C7H15NO4. The Labute approximate surface area is 71.5 Å². The topological polar surface area (TPSA) is 81.8 Å². The molecule has 0 rings (SSSR count). The summed E-state index contributed by atoms with van der Waals surface area (Å²) in [4.78, 5) is 10.2. The first kappa shape index (κ1) is 11.4. The number of carbonyl (C=O) groups is 1. The number of nitrogens with two attached hydrogens (primary N) is 1. The second-order valence-electron chi connectivity index (χ2n) is 2.34. The molecule has 3 N–H and O–H groups in total. The van der Waals surface area contributed by atoms with Gasteiger partial charge >= 0.3 is 5.97 Å². The molecule has 0 unspecified atom stereocenters. The summed E-state index contributed by atoms with van der Waals surface area (Å²) >= 11 is 0. The SMILES string of the molecule is COCCOCC[C@@H](N)C(=O)O. The highest BCUT2D eigenvalue weighted by molar-refractivity contribution is 5.72. The Balaban J connectivity index is 3.14. The molecule has 0 aromatic heterocycles. The van der Waals surface area contributed by atoms with Gasteiger partial charge < -0.3 is 20.3 Å². The zero-order chi connectivity index (χ0) is 9.40. The van der Waals surface area contributed by atoms with Crippen LogP contribution < -0.4 is 5.73 Å². The summed E-state index contributed by atoms with van der Waals surface area (Å²) < 4.78 is 9.75. The summed E-state index contributed by atoms with van der Waals surface area (Å²) in [5.41, 5.74) is 5.22. The highest BCUT2D eigenvalue weighted by Crippen LogP contribution is 1.89. The Bertz CT molecular complexity index is 129. The van der Waals surface area contributed by atoms with Gasteiger partial charge in [-0.2, -0.15) is 0 Å². The first-order valence-corrected chi connectivity index (χ1v) is 3.73. The van der Waals surface area contributed by atoms with Gasteiger partial charge in [-0.3, -0.25) is 4.79 Å². The maximum absolute atomic E-state index is 10.2. The van der Waals surface area contributed by atoms with E-state index in [1.165, 1.54) is 0 Å². The van der Waals surface area contributed by atoms with Crippen molar-refractivity contribution in [2.24, 2.45) is 5.73 Å². The van der Waals surface area contributed by atoms with E-state index in [-0.39, 0.29) is 0 Å². The van der Waals surface area contributed by atoms with Gasteiger partial charge in [0.25, 0.3) is 0 Å². The Morgan fingerprint density at radius 1 is 1.50 bits per heavy atom. The molecule has 0 radical (unpaired) electrons. The van der Waals surface area contributed by atoms with Crippen LogP contribution in [0.4, 0.5) is 0 Å². The zero-order valence-corrected chi connectivity index (χ0v) is 7.16. The van der Waals surface area contributed by atoms with E-state index in [0.717, 1.165) is 0 Å². The molecule has 0 fully saturated rings. The largest absolute Gasteiger partial charge is 0.480 e. The molecule has 12 heavy (non-hydrogen) atoms. The number of carboxylic acid groups (broad SMARTS) is 1. The fourth-order valence-corrected chi connectivity index (χ4v) is 0.578. The third-order valence-electron chi connectivity index (χ3n) is 1.32. The van der Waals surface area contributed by atoms with E-state index in [1.807, 2.05) is 0 Å². The molecule has 0 aliphatic carbocycles. The highest BCUT2D eigenvalue weighted by atomic mass is 16.5. The van der Waals surface area contributed by atoms with Crippen molar-refractivity contribution in [1.29, 1.82) is 0 Å². The molecule has 0 aromatic carbocycles. The molecular weight excluding hydrogens is 162 g/mol. The number of hydrogen-bond acceptors (Lipinski definition) is 4. The van der Waals surface area contributed by atoms with Gasteiger partial charge in [-0.25, -0.2) is 0 Å². The van der Waals surface area contributed by atoms with Crippen LogP contribution in [-0.4, -0.2) is 44.0 Å². The summed E-state index contributed by atoms with van der Waals surface area (Å²) in [6.45, 7) is 1.35. The molecule has 0 saturated heterocycles. The van der Waals surface area contributed by atoms with Gasteiger partial charge in [0.15, 0.2) is 0 Å². The van der Waals surface area contributed by atoms with Crippen LogP contribution in [0, 0.1) is 0 Å². The summed E-state index contributed by atoms with van der Waals surface area (Å²) in [5.74, 6) is -0.995. The second kappa shape index (κ2) is 7.02. The molecule has 0 saturated carbocycles. The van der Waals surface area contributed by atoms with Crippen molar-refractivity contribution in [1.82, 2.24) is 0 Å². The standard InChI is InChI=1S/C7H15NO4/c1-11-4-5-12-3-2-6(8)7(9)10/h6H,2-5,8H2,1H3,(H,9,10)/t6-/m1/s1. The maximum atomic E-state index is 10.2. The van der Waals surface area contributed by atoms with Gasteiger partial charge in [-0.05, 0) is 6.42 Å². The fourth-order valence-electron chi connectivity index (χ4n) is 0.578. The fraction of sp³-hybridized carbons (Fsp3) is 0.857. The van der Waals surface area contributed by atoms with Crippen molar-refractivity contribution in [3.63, 3.8) is 0 Å². The minimum absolute atomic E-state index is 0.332. The van der Waals surface area contributed by atoms with Crippen molar-refractivity contribution >= 4 is 5.97 Å². The summed E-state index contributed by atoms with van der Waals surface area (Å²) in [5, 5.41) is 8.38. The first-order valence-electron chi connectivity index (χ1n) is 3.73. The van der Waals surface area contributed by atoms with E-state index >= 15 is 0 Å². The van der Waals surface area contributed by atoms with Crippen molar-refractivity contribution in [2.75, 3.05) is 26.9 Å². The number of methoxy groups -OCH3 is 1. The van der Waals surface area contributed by atoms with E-state index in [0.29, 0.717) is 26.2 Å². The normalized spacial score (nSPS) is 12.8. The molecule has 0 heterocycles. The Morgan fingerprint density at radius 3 is 2.67 bits per heavy atom. The van der Waals surface area contributed by atoms with Crippen LogP contribution in [-0.2, 0) is 14.3 Å². The molecule has 0 aromatic rings. The molecule has 0 aliphatic heterocycles. The van der Waals surface area contributed by atoms with Crippen molar-refractivity contribution in [3.05, 3.63) is 0 Å². The van der Waals surface area contributed by atoms with E-state index in [1.54, 1.807) is 7.11 Å². The average Bonchev–Trinajstić information content (AvgIpc) is 2.03. The number of carboxylic acids is 1. The van der Waals surface area contributed by atoms with Gasteiger partial charge in [0.1, 0.15) is 6.04 Å². The molecule has 0 spiro atoms. The van der Waals surface area contributed by atoms with E-state index in [4.69, 9.17) is 20.3 Å². The Morgan fingerprint density at radius 2 is 2.17 bits per heavy atom. The van der Waals surface area contributed by atoms with Gasteiger partial charge in [0, 0.05) is 13.7 Å². The lowest BCUT2D eigenvalue weighted by atomic mass is 10.2. The lowest BCUT2D eigenvalue weighted by Crippen LogP contribution is -2.31. The maximum Gasteiger partial charge on any atom is 0.320 e. The van der Waals surface area contributed by atoms with Gasteiger partial charge in [0.05, 0.1) is 13.2 Å². The first-order chi connectivity index (χ1) is 5.68. The van der Waals surface area contributed by atoms with Gasteiger partial charge in [-0.15, -0.1) is 0 Å². The Hall–Kier alpha value is -0.650. The molecule has 5 nitrogen and oxygen atoms in total. The van der Waals surface area contributed by atoms with Crippen molar-refractivity contribution in [2.45, 2.75) is 12.5 Å². The predicted octanol–water partition coefficient (Wildman–Crippen LogP) is -0.549. The second-order valence-corrected chi connectivity index (χ2v) is 2.34. The molecule has 0 amide bonds. The van der Waals surface area contributed by atoms with Gasteiger partial charge in [-0.1, -0.05) is 0 Å². The minimum Gasteiger partial charge on any atom is -0.480 e. The van der Waals surface area contributed by atoms with Crippen LogP contribution in [0.15, 0.2) is 0 Å². The molecule has 0 aliphatic rings. The van der Waals surface area contributed by atoms with Crippen molar-refractivity contribution < 1.29 is 19.4 Å². The molecule has 1 atom stereocenters. The third kappa shape index (κ3) is 6.09. The van der Waals surface area contributed by atoms with Crippen LogP contribution in [0.5, 0.6) is 0 Å². The number of rotatable bonds is 7. The summed E-state index contributed by atoms with van der Waals surface area (Å²) in [7, 11) is 1.58. The van der Waals surface area contributed by atoms with Crippen LogP contribution in [0.3, 0.4) is 0 Å². The molecule has 0 bridgehead atoms. The van der Waals surface area contributed by atoms with E-state index in [2.05, 4.69) is 0 Å². The lowest BCUT2D eigenvalue weighted by molar-refractivity contribution is -0.139. The monoisotopic (exact) mass is 177 g/mol. The smallest absolute Gasteiger partial charge is 0.320 e. The zero-order valence-electron chi connectivity index (χ0n) is 7.16. The average molecular weight is 177 g/mol. The molecule has 72 valence electrons. The lowest BCUT2D eigenvalue weighted by Gasteiger charge is -2.06. The Kier molecular flexibility index (Phi) is 6.64. The predicted molar refractivity (Wildman–Crippen MR) is 42.9 cm³/mol. The summed E-state index contributed by atoms with van der Waals surface area (Å²) in [6, 6.07) is -0.826. The van der Waals surface area contributed by atoms with Crippen LogP contribution in [0.25, 0.3) is 0 Å². The number of hydrogen-bond donors (Lipinski definition) is 2. The van der Waals surface area contributed by atoms with Crippen LogP contribution >= 0.6 is 0 Å². The summed E-state index contributed by atoms with van der Waals surface area (Å²) in [6.07, 6.45) is 0.332. The number of ether oxygens (including phenoxy) is 2. The quantitative estimate of drug-likeness (QED) is 0.510. The van der Waals surface area contributed by atoms with Crippen LogP contribution in [0.1, 0.15) is 6.42 Å². The van der Waals surface area contributed by atoms with E-state index in [9.17, 15) is 4.79 Å². The van der Waals surface area contributed by atoms with Gasteiger partial charge in [0.2, 0.25) is 0 Å². The van der Waals surface area contributed by atoms with E-state index < -0.39 is 12.0 Å². The van der Waals surface area contributed by atoms with Crippen molar-refractivity contribution in [3.8, 4) is 0 Å². The third-order valence-corrected chi connectivity index (χ3v) is 1.32.